The van der Waals surface area contributed by atoms with Gasteiger partial charge in [-0.2, -0.15) is 4.98 Å². The first-order valence-corrected chi connectivity index (χ1v) is 9.89. The van der Waals surface area contributed by atoms with Crippen LogP contribution in [0.2, 0.25) is 5.02 Å². The number of hydrogen-bond acceptors (Lipinski definition) is 5. The fourth-order valence-electron chi connectivity index (χ4n) is 3.49. The predicted molar refractivity (Wildman–Crippen MR) is 112 cm³/mol. The number of aromatic nitrogens is 3. The van der Waals surface area contributed by atoms with E-state index >= 15 is 0 Å². The van der Waals surface area contributed by atoms with Crippen molar-refractivity contribution in [2.45, 2.75) is 25.4 Å². The maximum Gasteiger partial charge on any atom is 0.352 e. The second-order valence-electron chi connectivity index (χ2n) is 7.12. The Morgan fingerprint density at radius 2 is 1.90 bits per heavy atom. The number of piperidine rings is 1. The first-order valence-electron chi connectivity index (χ1n) is 9.52. The molecular formula is C21H21ClFN5O. The van der Waals surface area contributed by atoms with Crippen LogP contribution in [0.5, 0.6) is 0 Å². The van der Waals surface area contributed by atoms with Gasteiger partial charge in [-0.15, -0.1) is 0 Å². The van der Waals surface area contributed by atoms with E-state index in [1.165, 1.54) is 23.0 Å². The Balaban J connectivity index is 1.41. The third-order valence-electron chi connectivity index (χ3n) is 4.98. The molecule has 150 valence electrons. The van der Waals surface area contributed by atoms with Crippen molar-refractivity contribution < 1.29 is 4.39 Å². The molecule has 0 spiro atoms. The van der Waals surface area contributed by atoms with Crippen molar-refractivity contribution >= 4 is 23.2 Å². The third-order valence-corrected chi connectivity index (χ3v) is 5.23. The fraction of sp³-hybridized carbons (Fsp3) is 0.286. The number of rotatable bonds is 5. The quantitative estimate of drug-likeness (QED) is 0.693. The molecule has 8 heteroatoms. The molecule has 1 aliphatic rings. The first-order chi connectivity index (χ1) is 14.1. The summed E-state index contributed by atoms with van der Waals surface area (Å²) < 4.78 is 14.6. The number of benzene rings is 2. The van der Waals surface area contributed by atoms with Crippen molar-refractivity contribution in [3.63, 3.8) is 0 Å². The van der Waals surface area contributed by atoms with Gasteiger partial charge in [0.25, 0.3) is 0 Å². The molecule has 29 heavy (non-hydrogen) atoms. The van der Waals surface area contributed by atoms with Crippen molar-refractivity contribution in [3.05, 3.63) is 81.7 Å². The van der Waals surface area contributed by atoms with Crippen molar-refractivity contribution in [3.8, 4) is 0 Å². The first kappa shape index (κ1) is 19.4. The van der Waals surface area contributed by atoms with Crippen LogP contribution in [0.1, 0.15) is 18.4 Å². The zero-order valence-corrected chi connectivity index (χ0v) is 16.5. The molecule has 4 rings (SSSR count). The summed E-state index contributed by atoms with van der Waals surface area (Å²) in [5, 5.41) is 3.91. The van der Waals surface area contributed by atoms with Crippen molar-refractivity contribution in [2.75, 3.05) is 23.3 Å². The highest BCUT2D eigenvalue weighted by Gasteiger charge is 2.21. The predicted octanol–water partition coefficient (Wildman–Crippen LogP) is 3.56. The second kappa shape index (κ2) is 8.61. The number of halogens is 2. The number of nitrogens with one attached hydrogen (secondary N) is 1. The molecule has 6 nitrogen and oxygen atoms in total. The summed E-state index contributed by atoms with van der Waals surface area (Å²) in [5.74, 6) is 0.0845. The Morgan fingerprint density at radius 3 is 2.62 bits per heavy atom. The summed E-state index contributed by atoms with van der Waals surface area (Å²) >= 11 is 5.89. The third kappa shape index (κ3) is 4.92. The second-order valence-corrected chi connectivity index (χ2v) is 7.56. The summed E-state index contributed by atoms with van der Waals surface area (Å²) in [5.41, 5.74) is 1.57. The Labute approximate surface area is 173 Å². The van der Waals surface area contributed by atoms with Crippen LogP contribution in [-0.2, 0) is 6.54 Å². The van der Waals surface area contributed by atoms with Gasteiger partial charge in [0.2, 0.25) is 5.95 Å². The molecule has 1 fully saturated rings. The minimum Gasteiger partial charge on any atom is -0.369 e. The van der Waals surface area contributed by atoms with E-state index in [1.807, 2.05) is 12.1 Å². The highest BCUT2D eigenvalue weighted by molar-refractivity contribution is 6.30. The van der Waals surface area contributed by atoms with Gasteiger partial charge in [0.05, 0.1) is 6.54 Å². The highest BCUT2D eigenvalue weighted by atomic mass is 35.5. The minimum absolute atomic E-state index is 0.111. The van der Waals surface area contributed by atoms with E-state index in [0.29, 0.717) is 17.5 Å². The summed E-state index contributed by atoms with van der Waals surface area (Å²) in [7, 11) is 0. The molecule has 0 radical (unpaired) electrons. The van der Waals surface area contributed by atoms with Gasteiger partial charge in [0.1, 0.15) is 12.1 Å². The summed E-state index contributed by atoms with van der Waals surface area (Å²) in [4.78, 5) is 23.0. The normalized spacial score (nSPS) is 16.6. The van der Waals surface area contributed by atoms with Gasteiger partial charge in [-0.05, 0) is 54.8 Å². The van der Waals surface area contributed by atoms with Crippen LogP contribution in [0.3, 0.4) is 0 Å². The summed E-state index contributed by atoms with van der Waals surface area (Å²) in [6.07, 6.45) is 3.45. The van der Waals surface area contributed by atoms with E-state index in [1.54, 1.807) is 24.3 Å². The van der Waals surface area contributed by atoms with Crippen LogP contribution in [0.25, 0.3) is 0 Å². The Hall–Kier alpha value is -2.93. The molecule has 1 aliphatic heterocycles. The molecule has 0 amide bonds. The molecule has 1 saturated heterocycles. The largest absolute Gasteiger partial charge is 0.369 e. The Bertz CT molecular complexity index is 1020. The number of nitrogens with zero attached hydrogens (tertiary/aromatic N) is 4. The van der Waals surface area contributed by atoms with Gasteiger partial charge in [0.15, 0.2) is 0 Å². The van der Waals surface area contributed by atoms with Crippen LogP contribution in [0.15, 0.2) is 59.7 Å². The van der Waals surface area contributed by atoms with E-state index in [9.17, 15) is 9.18 Å². The molecule has 1 aromatic heterocycles. The van der Waals surface area contributed by atoms with E-state index in [4.69, 9.17) is 11.6 Å². The van der Waals surface area contributed by atoms with Gasteiger partial charge in [-0.25, -0.2) is 14.2 Å². The Kier molecular flexibility index (Phi) is 5.76. The average Bonchev–Trinajstić information content (AvgIpc) is 2.72. The minimum atomic E-state index is -0.358. The topological polar surface area (TPSA) is 63.1 Å². The van der Waals surface area contributed by atoms with Crippen LogP contribution >= 0.6 is 11.6 Å². The van der Waals surface area contributed by atoms with Crippen LogP contribution in [-0.4, -0.2) is 33.7 Å². The lowest BCUT2D eigenvalue weighted by Gasteiger charge is -2.34. The fourth-order valence-corrected chi connectivity index (χ4v) is 3.61. The van der Waals surface area contributed by atoms with Gasteiger partial charge in [0, 0.05) is 29.8 Å². The molecule has 0 aliphatic carbocycles. The van der Waals surface area contributed by atoms with E-state index in [0.717, 1.165) is 37.2 Å². The van der Waals surface area contributed by atoms with Crippen molar-refractivity contribution in [1.82, 2.24) is 14.5 Å². The van der Waals surface area contributed by atoms with Gasteiger partial charge in [-0.1, -0.05) is 23.7 Å². The summed E-state index contributed by atoms with van der Waals surface area (Å²) in [6, 6.07) is 13.9. The van der Waals surface area contributed by atoms with Gasteiger partial charge < -0.3 is 10.2 Å². The van der Waals surface area contributed by atoms with Crippen LogP contribution < -0.4 is 15.9 Å². The zero-order chi connectivity index (χ0) is 20.2. The molecule has 0 saturated carbocycles. The monoisotopic (exact) mass is 413 g/mol. The molecule has 3 aromatic rings. The lowest BCUT2D eigenvalue weighted by atomic mass is 10.1. The van der Waals surface area contributed by atoms with Crippen molar-refractivity contribution in [1.29, 1.82) is 0 Å². The lowest BCUT2D eigenvalue weighted by Crippen LogP contribution is -2.42. The lowest BCUT2D eigenvalue weighted by molar-refractivity contribution is 0.525. The molecular weight excluding hydrogens is 393 g/mol. The SMILES string of the molecule is O=c1nc(N[C@@H]2CCCN(c3ccc(F)cc3)C2)ncn1Cc1ccc(Cl)cc1. The van der Waals surface area contributed by atoms with Gasteiger partial charge >= 0.3 is 5.69 Å². The molecule has 1 N–H and O–H groups in total. The number of anilines is 2. The maximum absolute atomic E-state index is 13.2. The molecule has 1 atom stereocenters. The van der Waals surface area contributed by atoms with Crippen LogP contribution in [0.4, 0.5) is 16.0 Å². The molecule has 0 unspecified atom stereocenters. The number of hydrogen-bond donors (Lipinski definition) is 1. The maximum atomic E-state index is 13.2. The van der Waals surface area contributed by atoms with E-state index in [2.05, 4.69) is 20.2 Å². The highest BCUT2D eigenvalue weighted by Crippen LogP contribution is 2.21. The van der Waals surface area contributed by atoms with E-state index < -0.39 is 0 Å². The Morgan fingerprint density at radius 1 is 1.14 bits per heavy atom. The summed E-state index contributed by atoms with van der Waals surface area (Å²) in [6.45, 7) is 2.04. The standard InChI is InChI=1S/C21H21ClFN5O/c22-16-5-3-15(4-6-16)12-28-14-24-20(26-21(28)29)25-18-2-1-11-27(13-18)19-9-7-17(23)8-10-19/h3-10,14,18H,1-2,11-13H2,(H,25,26,29)/t18-/m1/s1. The van der Waals surface area contributed by atoms with Crippen LogP contribution in [0, 0.1) is 5.82 Å². The average molecular weight is 414 g/mol. The van der Waals surface area contributed by atoms with Crippen molar-refractivity contribution in [2.24, 2.45) is 0 Å². The van der Waals surface area contributed by atoms with E-state index in [-0.39, 0.29) is 17.5 Å². The zero-order valence-electron chi connectivity index (χ0n) is 15.8. The van der Waals surface area contributed by atoms with Gasteiger partial charge in [-0.3, -0.25) is 4.57 Å². The molecule has 2 aromatic carbocycles. The molecule has 0 bridgehead atoms. The smallest absolute Gasteiger partial charge is 0.352 e. The molecule has 2 heterocycles.